The molecule has 30 heavy (non-hydrogen) atoms. The van der Waals surface area contributed by atoms with Gasteiger partial charge in [-0.1, -0.05) is 18.6 Å². The number of likely N-dealkylation sites (tertiary alicyclic amines) is 1. The Morgan fingerprint density at radius 2 is 2.07 bits per heavy atom. The van der Waals surface area contributed by atoms with Gasteiger partial charge < -0.3 is 10.1 Å². The Balaban J connectivity index is 1.26. The number of rotatable bonds is 5. The van der Waals surface area contributed by atoms with Crippen molar-refractivity contribution in [2.24, 2.45) is 0 Å². The van der Waals surface area contributed by atoms with E-state index in [0.29, 0.717) is 0 Å². The summed E-state index contributed by atoms with van der Waals surface area (Å²) in [5, 5.41) is 7.35. The van der Waals surface area contributed by atoms with Crippen LogP contribution in [0.25, 0.3) is 5.69 Å². The molecule has 1 N–H and O–H groups in total. The fourth-order valence-corrected chi connectivity index (χ4v) is 4.39. The van der Waals surface area contributed by atoms with E-state index in [1.54, 1.807) is 10.9 Å². The number of benzene rings is 2. The van der Waals surface area contributed by atoms with E-state index in [9.17, 15) is 4.79 Å². The predicted molar refractivity (Wildman–Crippen MR) is 116 cm³/mol. The molecule has 1 fully saturated rings. The molecule has 154 valence electrons. The number of carbonyl (C=O) groups excluding carboxylic acids is 1. The summed E-state index contributed by atoms with van der Waals surface area (Å²) in [6.45, 7) is 2.51. The highest BCUT2D eigenvalue weighted by molar-refractivity contribution is 5.95. The maximum atomic E-state index is 13.1. The van der Waals surface area contributed by atoms with Crippen molar-refractivity contribution in [1.82, 2.24) is 14.7 Å². The van der Waals surface area contributed by atoms with Crippen LogP contribution < -0.4 is 10.1 Å². The normalized spacial score (nSPS) is 18.6. The van der Waals surface area contributed by atoms with Gasteiger partial charge in [0, 0.05) is 31.0 Å². The van der Waals surface area contributed by atoms with Gasteiger partial charge in [-0.15, -0.1) is 0 Å². The molecule has 0 spiro atoms. The number of fused-ring (bicyclic) bond motifs is 1. The predicted octanol–water partition coefficient (Wildman–Crippen LogP) is 3.80. The zero-order chi connectivity index (χ0) is 20.3. The quantitative estimate of drug-likeness (QED) is 0.705. The van der Waals surface area contributed by atoms with Crippen LogP contribution in [0, 0.1) is 0 Å². The van der Waals surface area contributed by atoms with Crippen LogP contribution in [0.4, 0.5) is 5.69 Å². The first-order valence-corrected chi connectivity index (χ1v) is 10.7. The Hall–Kier alpha value is -3.12. The highest BCUT2D eigenvalue weighted by atomic mass is 16.5. The maximum Gasteiger partial charge on any atom is 0.241 e. The second-order valence-corrected chi connectivity index (χ2v) is 8.01. The van der Waals surface area contributed by atoms with Crippen molar-refractivity contribution in [2.45, 2.75) is 38.3 Å². The molecule has 6 heteroatoms. The molecule has 1 saturated heterocycles. The number of piperidine rings is 1. The van der Waals surface area contributed by atoms with Gasteiger partial charge in [0.25, 0.3) is 0 Å². The molecule has 0 radical (unpaired) electrons. The number of nitrogens with zero attached hydrogens (tertiary/aromatic N) is 3. The molecule has 1 atom stereocenters. The standard InChI is InChI=1S/C24H26N4O2/c29-24(26-20-6-8-21(9-7-20)28-14-3-12-25-28)22-4-1-2-13-27(22)17-18-5-10-23-19(16-18)11-15-30-23/h3,5-10,12,14,16,22H,1-2,4,11,13,15,17H2,(H,26,29). The van der Waals surface area contributed by atoms with Crippen molar-refractivity contribution >= 4 is 11.6 Å². The fourth-order valence-electron chi connectivity index (χ4n) is 4.39. The van der Waals surface area contributed by atoms with E-state index < -0.39 is 0 Å². The van der Waals surface area contributed by atoms with Crippen LogP contribution in [0.2, 0.25) is 0 Å². The summed E-state index contributed by atoms with van der Waals surface area (Å²) in [4.78, 5) is 15.4. The lowest BCUT2D eigenvalue weighted by atomic mass is 9.99. The highest BCUT2D eigenvalue weighted by Gasteiger charge is 2.29. The average molecular weight is 402 g/mol. The van der Waals surface area contributed by atoms with Crippen LogP contribution in [-0.4, -0.2) is 39.8 Å². The number of amides is 1. The zero-order valence-electron chi connectivity index (χ0n) is 17.0. The first-order valence-electron chi connectivity index (χ1n) is 10.7. The van der Waals surface area contributed by atoms with Crippen molar-refractivity contribution in [2.75, 3.05) is 18.5 Å². The van der Waals surface area contributed by atoms with E-state index in [1.807, 2.05) is 36.5 Å². The molecule has 0 bridgehead atoms. The van der Waals surface area contributed by atoms with Crippen LogP contribution in [0.3, 0.4) is 0 Å². The Morgan fingerprint density at radius 3 is 2.90 bits per heavy atom. The molecule has 3 aromatic rings. The lowest BCUT2D eigenvalue weighted by Gasteiger charge is -2.34. The topological polar surface area (TPSA) is 59.4 Å². The Bertz CT molecular complexity index is 1010. The molecule has 0 aliphatic carbocycles. The average Bonchev–Trinajstić information content (AvgIpc) is 3.46. The summed E-state index contributed by atoms with van der Waals surface area (Å²) < 4.78 is 7.42. The van der Waals surface area contributed by atoms with Gasteiger partial charge >= 0.3 is 0 Å². The Labute approximate surface area is 176 Å². The third-order valence-corrected chi connectivity index (χ3v) is 5.96. The molecule has 2 aliphatic rings. The van der Waals surface area contributed by atoms with E-state index in [2.05, 4.69) is 33.5 Å². The summed E-state index contributed by atoms with van der Waals surface area (Å²) >= 11 is 0. The molecule has 6 nitrogen and oxygen atoms in total. The van der Waals surface area contributed by atoms with Gasteiger partial charge in [-0.2, -0.15) is 5.10 Å². The van der Waals surface area contributed by atoms with E-state index >= 15 is 0 Å². The minimum Gasteiger partial charge on any atom is -0.493 e. The fraction of sp³-hybridized carbons (Fsp3) is 0.333. The molecule has 1 amide bonds. The number of nitrogens with one attached hydrogen (secondary N) is 1. The maximum absolute atomic E-state index is 13.1. The SMILES string of the molecule is O=C(Nc1ccc(-n2cccn2)cc1)C1CCCCN1Cc1ccc2c(c1)CCO2. The van der Waals surface area contributed by atoms with Crippen LogP contribution in [0.5, 0.6) is 5.75 Å². The van der Waals surface area contributed by atoms with Crippen molar-refractivity contribution in [3.63, 3.8) is 0 Å². The second-order valence-electron chi connectivity index (χ2n) is 8.01. The number of anilines is 1. The molecule has 3 heterocycles. The third-order valence-electron chi connectivity index (χ3n) is 5.96. The smallest absolute Gasteiger partial charge is 0.241 e. The number of carbonyl (C=O) groups is 1. The molecule has 1 unspecified atom stereocenters. The number of ether oxygens (including phenoxy) is 1. The van der Waals surface area contributed by atoms with Gasteiger partial charge in [-0.3, -0.25) is 9.69 Å². The first-order chi connectivity index (χ1) is 14.8. The van der Waals surface area contributed by atoms with Crippen LogP contribution in [-0.2, 0) is 17.8 Å². The van der Waals surface area contributed by atoms with Crippen LogP contribution in [0.1, 0.15) is 30.4 Å². The van der Waals surface area contributed by atoms with Gasteiger partial charge in [0.15, 0.2) is 0 Å². The molecule has 5 rings (SSSR count). The summed E-state index contributed by atoms with van der Waals surface area (Å²) in [6, 6.07) is 16.0. The summed E-state index contributed by atoms with van der Waals surface area (Å²) in [5.74, 6) is 1.08. The van der Waals surface area contributed by atoms with Crippen molar-refractivity contribution in [3.8, 4) is 11.4 Å². The largest absolute Gasteiger partial charge is 0.493 e. The summed E-state index contributed by atoms with van der Waals surface area (Å²) in [5.41, 5.74) is 4.32. The molecule has 2 aromatic carbocycles. The highest BCUT2D eigenvalue weighted by Crippen LogP contribution is 2.28. The van der Waals surface area contributed by atoms with Crippen molar-refractivity contribution in [3.05, 3.63) is 72.1 Å². The Kier molecular flexibility index (Phi) is 5.24. The van der Waals surface area contributed by atoms with Gasteiger partial charge in [-0.25, -0.2) is 4.68 Å². The van der Waals surface area contributed by atoms with Gasteiger partial charge in [0.05, 0.1) is 18.3 Å². The molecule has 2 aliphatic heterocycles. The molecular weight excluding hydrogens is 376 g/mol. The van der Waals surface area contributed by atoms with E-state index in [-0.39, 0.29) is 11.9 Å². The van der Waals surface area contributed by atoms with Crippen molar-refractivity contribution < 1.29 is 9.53 Å². The third kappa shape index (κ3) is 3.96. The van der Waals surface area contributed by atoms with E-state index in [0.717, 1.165) is 62.5 Å². The van der Waals surface area contributed by atoms with Crippen LogP contribution >= 0.6 is 0 Å². The van der Waals surface area contributed by atoms with E-state index in [4.69, 9.17) is 4.74 Å². The van der Waals surface area contributed by atoms with Crippen molar-refractivity contribution in [1.29, 1.82) is 0 Å². The van der Waals surface area contributed by atoms with E-state index in [1.165, 1.54) is 11.1 Å². The number of hydrogen-bond acceptors (Lipinski definition) is 4. The van der Waals surface area contributed by atoms with Crippen LogP contribution in [0.15, 0.2) is 60.9 Å². The first kappa shape index (κ1) is 18.9. The molecule has 1 aromatic heterocycles. The number of aromatic nitrogens is 2. The number of hydrogen-bond donors (Lipinski definition) is 1. The van der Waals surface area contributed by atoms with Gasteiger partial charge in [0.1, 0.15) is 5.75 Å². The second kappa shape index (κ2) is 8.32. The zero-order valence-corrected chi connectivity index (χ0v) is 17.0. The lowest BCUT2D eigenvalue weighted by molar-refractivity contribution is -0.122. The molecule has 0 saturated carbocycles. The Morgan fingerprint density at radius 1 is 1.17 bits per heavy atom. The van der Waals surface area contributed by atoms with Gasteiger partial charge in [0.2, 0.25) is 5.91 Å². The van der Waals surface area contributed by atoms with Gasteiger partial charge in [-0.05, 0) is 66.9 Å². The minimum atomic E-state index is -0.103. The summed E-state index contributed by atoms with van der Waals surface area (Å²) in [7, 11) is 0. The minimum absolute atomic E-state index is 0.0750. The summed E-state index contributed by atoms with van der Waals surface area (Å²) in [6.07, 6.45) is 7.74. The molecular formula is C24H26N4O2. The monoisotopic (exact) mass is 402 g/mol. The lowest BCUT2D eigenvalue weighted by Crippen LogP contribution is -2.46.